The Morgan fingerprint density at radius 1 is 1.28 bits per heavy atom. The standard InChI is InChI=1S/C15H25NO2/c1-10(2)14(17)9-18-15-8-11(3)6-7-13(15)12(4)16-5/h6-8,10,12,14,16-17H,9H2,1-5H3. The Labute approximate surface area is 110 Å². The lowest BCUT2D eigenvalue weighted by atomic mass is 10.0. The highest BCUT2D eigenvalue weighted by Crippen LogP contribution is 2.26. The van der Waals surface area contributed by atoms with E-state index in [4.69, 9.17) is 4.74 Å². The van der Waals surface area contributed by atoms with Gasteiger partial charge in [-0.25, -0.2) is 0 Å². The average molecular weight is 251 g/mol. The zero-order chi connectivity index (χ0) is 13.7. The van der Waals surface area contributed by atoms with E-state index < -0.39 is 6.10 Å². The highest BCUT2D eigenvalue weighted by Gasteiger charge is 2.14. The van der Waals surface area contributed by atoms with Crippen LogP contribution in [-0.2, 0) is 0 Å². The minimum atomic E-state index is -0.428. The van der Waals surface area contributed by atoms with Crippen molar-refractivity contribution < 1.29 is 9.84 Å². The molecular weight excluding hydrogens is 226 g/mol. The van der Waals surface area contributed by atoms with Crippen molar-refractivity contribution in [3.63, 3.8) is 0 Å². The Bertz CT molecular complexity index is 377. The van der Waals surface area contributed by atoms with E-state index in [1.807, 2.05) is 33.9 Å². The van der Waals surface area contributed by atoms with Gasteiger partial charge in [-0.15, -0.1) is 0 Å². The van der Waals surface area contributed by atoms with Crippen molar-refractivity contribution >= 4 is 0 Å². The van der Waals surface area contributed by atoms with E-state index >= 15 is 0 Å². The molecule has 3 nitrogen and oxygen atoms in total. The Morgan fingerprint density at radius 2 is 1.94 bits per heavy atom. The van der Waals surface area contributed by atoms with Crippen LogP contribution in [0.2, 0.25) is 0 Å². The van der Waals surface area contributed by atoms with Gasteiger partial charge in [0.25, 0.3) is 0 Å². The third-order valence-electron chi connectivity index (χ3n) is 3.25. The molecule has 0 saturated carbocycles. The van der Waals surface area contributed by atoms with E-state index in [-0.39, 0.29) is 12.0 Å². The topological polar surface area (TPSA) is 41.5 Å². The fraction of sp³-hybridized carbons (Fsp3) is 0.600. The largest absolute Gasteiger partial charge is 0.491 e. The Balaban J connectivity index is 2.82. The van der Waals surface area contributed by atoms with Crippen LogP contribution in [0.1, 0.15) is 37.9 Å². The molecule has 0 radical (unpaired) electrons. The Kier molecular flexibility index (Phi) is 5.63. The predicted octanol–water partition coefficient (Wildman–Crippen LogP) is 2.67. The number of hydrogen-bond acceptors (Lipinski definition) is 3. The van der Waals surface area contributed by atoms with Gasteiger partial charge < -0.3 is 15.2 Å². The summed E-state index contributed by atoms with van der Waals surface area (Å²) < 4.78 is 5.77. The van der Waals surface area contributed by atoms with Crippen molar-refractivity contribution in [2.45, 2.75) is 39.8 Å². The van der Waals surface area contributed by atoms with Crippen LogP contribution in [0.3, 0.4) is 0 Å². The SMILES string of the molecule is CNC(C)c1ccc(C)cc1OCC(O)C(C)C. The Morgan fingerprint density at radius 3 is 2.50 bits per heavy atom. The average Bonchev–Trinajstić information content (AvgIpc) is 2.34. The smallest absolute Gasteiger partial charge is 0.124 e. The van der Waals surface area contributed by atoms with E-state index in [1.165, 1.54) is 0 Å². The lowest BCUT2D eigenvalue weighted by Crippen LogP contribution is -2.24. The van der Waals surface area contributed by atoms with Crippen molar-refractivity contribution in [2.24, 2.45) is 5.92 Å². The monoisotopic (exact) mass is 251 g/mol. The molecule has 0 bridgehead atoms. The van der Waals surface area contributed by atoms with E-state index in [2.05, 4.69) is 24.4 Å². The van der Waals surface area contributed by atoms with Crippen molar-refractivity contribution in [3.05, 3.63) is 29.3 Å². The summed E-state index contributed by atoms with van der Waals surface area (Å²) in [7, 11) is 1.93. The summed E-state index contributed by atoms with van der Waals surface area (Å²) in [6.45, 7) is 8.45. The van der Waals surface area contributed by atoms with E-state index in [0.717, 1.165) is 16.9 Å². The van der Waals surface area contributed by atoms with Gasteiger partial charge in [0.15, 0.2) is 0 Å². The van der Waals surface area contributed by atoms with E-state index in [9.17, 15) is 5.11 Å². The number of hydrogen-bond donors (Lipinski definition) is 2. The molecule has 0 aromatic heterocycles. The van der Waals surface area contributed by atoms with Gasteiger partial charge in [-0.2, -0.15) is 0 Å². The van der Waals surface area contributed by atoms with Crippen LogP contribution in [0, 0.1) is 12.8 Å². The Hall–Kier alpha value is -1.06. The van der Waals surface area contributed by atoms with Crippen molar-refractivity contribution in [2.75, 3.05) is 13.7 Å². The summed E-state index contributed by atoms with van der Waals surface area (Å²) in [5.74, 6) is 1.07. The number of aliphatic hydroxyl groups is 1. The fourth-order valence-corrected chi connectivity index (χ4v) is 1.65. The molecule has 102 valence electrons. The number of nitrogens with one attached hydrogen (secondary N) is 1. The van der Waals surface area contributed by atoms with Gasteiger partial charge in [0.1, 0.15) is 12.4 Å². The van der Waals surface area contributed by atoms with Gasteiger partial charge in [0.2, 0.25) is 0 Å². The molecule has 18 heavy (non-hydrogen) atoms. The summed E-state index contributed by atoms with van der Waals surface area (Å²) in [4.78, 5) is 0. The van der Waals surface area contributed by atoms with E-state index in [1.54, 1.807) is 0 Å². The van der Waals surface area contributed by atoms with Crippen LogP contribution in [-0.4, -0.2) is 24.9 Å². The van der Waals surface area contributed by atoms with Gasteiger partial charge in [0.05, 0.1) is 6.10 Å². The zero-order valence-corrected chi connectivity index (χ0v) is 12.0. The summed E-state index contributed by atoms with van der Waals surface area (Å²) in [5.41, 5.74) is 2.29. The van der Waals surface area contributed by atoms with Gasteiger partial charge in [-0.3, -0.25) is 0 Å². The van der Waals surface area contributed by atoms with Gasteiger partial charge in [0, 0.05) is 11.6 Å². The summed E-state index contributed by atoms with van der Waals surface area (Å²) in [6, 6.07) is 6.41. The van der Waals surface area contributed by atoms with Crippen LogP contribution < -0.4 is 10.1 Å². The number of ether oxygens (including phenoxy) is 1. The molecule has 0 spiro atoms. The molecule has 2 unspecified atom stereocenters. The first-order chi connectivity index (χ1) is 8.45. The molecule has 1 aromatic rings. The maximum atomic E-state index is 9.80. The fourth-order valence-electron chi connectivity index (χ4n) is 1.65. The van der Waals surface area contributed by atoms with Crippen molar-refractivity contribution in [1.82, 2.24) is 5.32 Å². The molecule has 2 atom stereocenters. The molecule has 1 rings (SSSR count). The lowest BCUT2D eigenvalue weighted by molar-refractivity contribution is 0.0695. The molecule has 0 amide bonds. The second-order valence-electron chi connectivity index (χ2n) is 5.17. The molecule has 0 fully saturated rings. The van der Waals surface area contributed by atoms with Crippen LogP contribution in [0.5, 0.6) is 5.75 Å². The van der Waals surface area contributed by atoms with Gasteiger partial charge >= 0.3 is 0 Å². The molecule has 1 aromatic carbocycles. The van der Waals surface area contributed by atoms with Crippen LogP contribution in [0.4, 0.5) is 0 Å². The number of benzene rings is 1. The molecular formula is C15H25NO2. The molecule has 0 aliphatic rings. The highest BCUT2D eigenvalue weighted by molar-refractivity contribution is 5.39. The maximum absolute atomic E-state index is 9.80. The molecule has 0 saturated heterocycles. The minimum Gasteiger partial charge on any atom is -0.491 e. The normalized spacial score (nSPS) is 14.6. The van der Waals surface area contributed by atoms with Crippen molar-refractivity contribution in [1.29, 1.82) is 0 Å². The summed E-state index contributed by atoms with van der Waals surface area (Å²) in [6.07, 6.45) is -0.428. The second-order valence-corrected chi connectivity index (χ2v) is 5.17. The predicted molar refractivity (Wildman–Crippen MR) is 75.0 cm³/mol. The first-order valence-electron chi connectivity index (χ1n) is 6.54. The highest BCUT2D eigenvalue weighted by atomic mass is 16.5. The molecule has 0 aliphatic carbocycles. The number of aryl methyl sites for hydroxylation is 1. The molecule has 0 heterocycles. The van der Waals surface area contributed by atoms with Gasteiger partial charge in [-0.1, -0.05) is 26.0 Å². The summed E-state index contributed by atoms with van der Waals surface area (Å²) >= 11 is 0. The van der Waals surface area contributed by atoms with Gasteiger partial charge in [-0.05, 0) is 38.4 Å². The third kappa shape index (κ3) is 4.00. The number of aliphatic hydroxyl groups excluding tert-OH is 1. The van der Waals surface area contributed by atoms with E-state index in [0.29, 0.717) is 6.61 Å². The van der Waals surface area contributed by atoms with Crippen LogP contribution in [0.15, 0.2) is 18.2 Å². The van der Waals surface area contributed by atoms with Crippen LogP contribution in [0.25, 0.3) is 0 Å². The van der Waals surface area contributed by atoms with Crippen LogP contribution >= 0.6 is 0 Å². The first kappa shape index (κ1) is 15.0. The molecule has 0 aliphatic heterocycles. The second kappa shape index (κ2) is 6.76. The maximum Gasteiger partial charge on any atom is 0.124 e. The first-order valence-corrected chi connectivity index (χ1v) is 6.54. The quantitative estimate of drug-likeness (QED) is 0.816. The minimum absolute atomic E-state index is 0.208. The summed E-state index contributed by atoms with van der Waals surface area (Å²) in [5, 5.41) is 13.0. The number of rotatable bonds is 6. The zero-order valence-electron chi connectivity index (χ0n) is 12.0. The molecule has 2 N–H and O–H groups in total. The molecule has 3 heteroatoms. The lowest BCUT2D eigenvalue weighted by Gasteiger charge is -2.20. The third-order valence-corrected chi connectivity index (χ3v) is 3.25. The van der Waals surface area contributed by atoms with Crippen molar-refractivity contribution in [3.8, 4) is 5.75 Å².